The molecule has 0 aromatic carbocycles. The van der Waals surface area contributed by atoms with Gasteiger partial charge in [0.05, 0.1) is 0 Å². The van der Waals surface area contributed by atoms with E-state index in [1.54, 1.807) is 0 Å². The Hall–Kier alpha value is -1.00. The molecule has 0 fully saturated rings. The third-order valence-corrected chi connectivity index (χ3v) is 1.23. The Kier molecular flexibility index (Phi) is 1.72. The first-order chi connectivity index (χ1) is 4.29. The molecule has 46 valence electrons. The maximum Gasteiger partial charge on any atom is -0.00913 e. The van der Waals surface area contributed by atoms with Crippen LogP contribution in [0.5, 0.6) is 0 Å². The zero-order chi connectivity index (χ0) is 6.69. The number of hydrogen-bond acceptors (Lipinski definition) is 0. The fourth-order valence-corrected chi connectivity index (χ4v) is 0.668. The molecule has 0 atom stereocenters. The van der Waals surface area contributed by atoms with Crippen LogP contribution >= 0.6 is 0 Å². The second-order valence-electron chi connectivity index (χ2n) is 2.24. The van der Waals surface area contributed by atoms with Crippen molar-refractivity contribution < 1.29 is 0 Å². The second kappa shape index (κ2) is 2.52. The normalized spacial score (nSPS) is 16.7. The van der Waals surface area contributed by atoms with E-state index in [-0.39, 0.29) is 0 Å². The highest BCUT2D eigenvalue weighted by atomic mass is 13.9. The summed E-state index contributed by atoms with van der Waals surface area (Å²) < 4.78 is 0. The highest BCUT2D eigenvalue weighted by molar-refractivity contribution is 5.31. The lowest BCUT2D eigenvalue weighted by Gasteiger charge is -1.78. The van der Waals surface area contributed by atoms with E-state index in [0.29, 0.717) is 0 Å². The van der Waals surface area contributed by atoms with E-state index in [4.69, 9.17) is 0 Å². The van der Waals surface area contributed by atoms with Gasteiger partial charge < -0.3 is 0 Å². The van der Waals surface area contributed by atoms with E-state index >= 15 is 0 Å². The van der Waals surface area contributed by atoms with Crippen molar-refractivity contribution in [3.05, 3.63) is 41.2 Å². The molecule has 0 nitrogen and oxygen atoms in total. The van der Waals surface area contributed by atoms with Crippen LogP contribution in [0, 0.1) is 0 Å². The van der Waals surface area contributed by atoms with Crippen molar-refractivity contribution in [1.29, 1.82) is 0 Å². The molecule has 0 N–H and O–H groups in total. The lowest BCUT2D eigenvalue weighted by molar-refractivity contribution is 1.53. The minimum Gasteiger partial charge on any atom is -0.117 e. The molecule has 9 heavy (non-hydrogen) atoms. The van der Waals surface area contributed by atoms with Crippen LogP contribution in [0.1, 0.15) is 13.8 Å². The molecule has 1 aliphatic rings. The predicted molar refractivity (Wildman–Crippen MR) is 40.2 cm³/mol. The topological polar surface area (TPSA) is 0 Å². The molecule has 0 heterocycles. The van der Waals surface area contributed by atoms with Gasteiger partial charge in [0.25, 0.3) is 0 Å². The van der Waals surface area contributed by atoms with Crippen LogP contribution in [0.25, 0.3) is 0 Å². The van der Waals surface area contributed by atoms with Gasteiger partial charge in [-0.3, -0.25) is 0 Å². The molecular weight excluding hydrogens is 108 g/mol. The van der Waals surface area contributed by atoms with E-state index in [1.165, 1.54) is 11.1 Å². The Morgan fingerprint density at radius 1 is 1.33 bits per heavy atom. The zero-order valence-corrected chi connectivity index (χ0v) is 5.81. The van der Waals surface area contributed by atoms with Crippen molar-refractivity contribution in [2.75, 3.05) is 0 Å². The highest BCUT2D eigenvalue weighted by Crippen LogP contribution is 2.02. The molecule has 0 spiro atoms. The van der Waals surface area contributed by atoms with E-state index in [0.717, 1.165) is 0 Å². The Labute approximate surface area is 55.9 Å². The van der Waals surface area contributed by atoms with Gasteiger partial charge in [0.2, 0.25) is 0 Å². The van der Waals surface area contributed by atoms with Gasteiger partial charge in [-0.1, -0.05) is 18.2 Å². The van der Waals surface area contributed by atoms with Crippen LogP contribution in [0.4, 0.5) is 0 Å². The fraction of sp³-hybridized carbons (Fsp3) is 0.222. The SMILES string of the molecule is CC1=C=CC(C)=CC=C1. The molecule has 0 aliphatic heterocycles. The first-order valence-electron chi connectivity index (χ1n) is 3.07. The number of allylic oxidation sites excluding steroid dienone is 5. The average molecular weight is 118 g/mol. The van der Waals surface area contributed by atoms with E-state index in [9.17, 15) is 0 Å². The quantitative estimate of drug-likeness (QED) is 0.429. The van der Waals surface area contributed by atoms with Crippen LogP contribution in [0.2, 0.25) is 0 Å². The summed E-state index contributed by atoms with van der Waals surface area (Å²) in [5.74, 6) is 0. The molecule has 0 saturated heterocycles. The fourth-order valence-electron chi connectivity index (χ4n) is 0.668. The number of hydrogen-bond donors (Lipinski definition) is 0. The Morgan fingerprint density at radius 3 is 2.89 bits per heavy atom. The monoisotopic (exact) mass is 118 g/mol. The van der Waals surface area contributed by atoms with Gasteiger partial charge in [-0.25, -0.2) is 0 Å². The molecule has 0 saturated carbocycles. The number of rotatable bonds is 0. The summed E-state index contributed by atoms with van der Waals surface area (Å²) >= 11 is 0. The van der Waals surface area contributed by atoms with Crippen LogP contribution in [-0.2, 0) is 0 Å². The Morgan fingerprint density at radius 2 is 2.11 bits per heavy atom. The lowest BCUT2D eigenvalue weighted by atomic mass is 10.3. The highest BCUT2D eigenvalue weighted by Gasteiger charge is 1.82. The first-order valence-corrected chi connectivity index (χ1v) is 3.07. The maximum absolute atomic E-state index is 3.13. The minimum absolute atomic E-state index is 1.18. The summed E-state index contributed by atoms with van der Waals surface area (Å²) in [6.07, 6.45) is 8.16. The molecule has 0 aromatic rings. The average Bonchev–Trinajstić information content (AvgIpc) is 1.97. The van der Waals surface area contributed by atoms with Crippen molar-refractivity contribution in [1.82, 2.24) is 0 Å². The van der Waals surface area contributed by atoms with E-state index in [2.05, 4.69) is 18.7 Å². The van der Waals surface area contributed by atoms with Gasteiger partial charge >= 0.3 is 0 Å². The molecule has 0 unspecified atom stereocenters. The summed E-state index contributed by atoms with van der Waals surface area (Å²) in [4.78, 5) is 0. The van der Waals surface area contributed by atoms with Gasteiger partial charge in [-0.2, -0.15) is 0 Å². The van der Waals surface area contributed by atoms with Gasteiger partial charge in [0, 0.05) is 0 Å². The van der Waals surface area contributed by atoms with Crippen LogP contribution in [0.3, 0.4) is 0 Å². The van der Waals surface area contributed by atoms with E-state index < -0.39 is 0 Å². The largest absolute Gasteiger partial charge is 0.117 e. The summed E-state index contributed by atoms with van der Waals surface area (Å²) in [5.41, 5.74) is 5.57. The van der Waals surface area contributed by atoms with Gasteiger partial charge in [-0.15, -0.1) is 5.73 Å². The molecule has 0 heteroatoms. The summed E-state index contributed by atoms with van der Waals surface area (Å²) in [6, 6.07) is 0. The minimum atomic E-state index is 1.18. The summed E-state index contributed by atoms with van der Waals surface area (Å²) in [7, 11) is 0. The molecule has 1 rings (SSSR count). The van der Waals surface area contributed by atoms with Gasteiger partial charge in [0.1, 0.15) is 0 Å². The van der Waals surface area contributed by atoms with E-state index in [1.807, 2.05) is 25.2 Å². The van der Waals surface area contributed by atoms with Crippen LogP contribution < -0.4 is 0 Å². The lowest BCUT2D eigenvalue weighted by Crippen LogP contribution is -1.59. The molecule has 1 aliphatic carbocycles. The molecule has 0 amide bonds. The second-order valence-corrected chi connectivity index (χ2v) is 2.24. The Bertz CT molecular complexity index is 220. The van der Waals surface area contributed by atoms with Crippen molar-refractivity contribution >= 4 is 0 Å². The zero-order valence-electron chi connectivity index (χ0n) is 5.81. The third kappa shape index (κ3) is 1.75. The van der Waals surface area contributed by atoms with Crippen LogP contribution in [-0.4, -0.2) is 0 Å². The van der Waals surface area contributed by atoms with Crippen molar-refractivity contribution in [2.24, 2.45) is 0 Å². The first kappa shape index (κ1) is 6.12. The van der Waals surface area contributed by atoms with Crippen molar-refractivity contribution in [3.8, 4) is 0 Å². The van der Waals surface area contributed by atoms with Crippen molar-refractivity contribution in [3.63, 3.8) is 0 Å². The summed E-state index contributed by atoms with van der Waals surface area (Å²) in [5, 5.41) is 0. The summed E-state index contributed by atoms with van der Waals surface area (Å²) in [6.45, 7) is 4.11. The molecule has 0 bridgehead atoms. The Balaban J connectivity index is 3.01. The molecule has 0 radical (unpaired) electrons. The van der Waals surface area contributed by atoms with Gasteiger partial charge in [0.15, 0.2) is 0 Å². The van der Waals surface area contributed by atoms with Crippen molar-refractivity contribution in [2.45, 2.75) is 13.8 Å². The molecular formula is C9H10. The smallest absolute Gasteiger partial charge is 0.00913 e. The standard InChI is InChI=1S/C9H10/c1-8-4-3-5-9(2)7-6-8/h3-6H,1-2H3. The maximum atomic E-state index is 3.13. The molecule has 0 aromatic heterocycles. The van der Waals surface area contributed by atoms with Crippen LogP contribution in [0.15, 0.2) is 41.2 Å². The van der Waals surface area contributed by atoms with Gasteiger partial charge in [-0.05, 0) is 31.1 Å². The predicted octanol–water partition coefficient (Wildman–Crippen LogP) is 2.60. The third-order valence-electron chi connectivity index (χ3n) is 1.23.